The van der Waals surface area contributed by atoms with E-state index in [9.17, 15) is 4.79 Å². The number of nitrogens with two attached hydrogens (primary N) is 1. The zero-order valence-electron chi connectivity index (χ0n) is 6.60. The van der Waals surface area contributed by atoms with E-state index in [4.69, 9.17) is 10.2 Å². The van der Waals surface area contributed by atoms with Crippen LogP contribution in [0.2, 0.25) is 0 Å². The monoisotopic (exact) mass is 186 g/mol. The Kier molecular flexibility index (Phi) is 6.26. The number of aliphatic hydroxyl groups is 1. The molecular formula is C7H10N2O2S. The largest absolute Gasteiger partial charge is 0.400 e. The number of carbonyl (C=O) groups excluding carboxylic acids is 1. The van der Waals surface area contributed by atoms with Gasteiger partial charge < -0.3 is 5.11 Å². The Morgan fingerprint density at radius 2 is 2.25 bits per heavy atom. The fraction of sp³-hybridized carbons (Fsp3) is 0.143. The summed E-state index contributed by atoms with van der Waals surface area (Å²) in [5.74, 6) is 0. The van der Waals surface area contributed by atoms with Crippen molar-refractivity contribution in [2.24, 2.45) is 5.14 Å². The fourth-order valence-electron chi connectivity index (χ4n) is 0.531. The zero-order chi connectivity index (χ0) is 9.40. The van der Waals surface area contributed by atoms with Gasteiger partial charge in [0.05, 0.1) is 0 Å². The highest BCUT2D eigenvalue weighted by atomic mass is 32.2. The lowest BCUT2D eigenvalue weighted by Crippen LogP contribution is -1.86. The van der Waals surface area contributed by atoms with E-state index in [0.717, 1.165) is 25.3 Å². The third-order valence-corrected chi connectivity index (χ3v) is 1.50. The average Bonchev–Trinajstić information content (AvgIpc) is 2.21. The first kappa shape index (κ1) is 11.1. The van der Waals surface area contributed by atoms with Gasteiger partial charge in [-0.3, -0.25) is 9.93 Å². The van der Waals surface area contributed by atoms with Gasteiger partial charge in [-0.2, -0.15) is 0 Å². The van der Waals surface area contributed by atoms with Crippen LogP contribution in [0.3, 0.4) is 0 Å². The lowest BCUT2D eigenvalue weighted by molar-refractivity contribution is 0.112. The molecule has 1 aromatic rings. The van der Waals surface area contributed by atoms with Gasteiger partial charge in [0.15, 0.2) is 6.29 Å². The summed E-state index contributed by atoms with van der Waals surface area (Å²) in [5, 5.41) is 12.9. The van der Waals surface area contributed by atoms with Crippen molar-refractivity contribution in [2.45, 2.75) is 5.03 Å². The molecule has 0 aliphatic carbocycles. The highest BCUT2D eigenvalue weighted by Crippen LogP contribution is 2.06. The number of carbonyl (C=O) groups is 1. The first-order valence-corrected chi connectivity index (χ1v) is 3.97. The normalized spacial score (nSPS) is 8.25. The molecule has 0 fully saturated rings. The summed E-state index contributed by atoms with van der Waals surface area (Å²) in [5.41, 5.74) is 0.567. The van der Waals surface area contributed by atoms with Gasteiger partial charge in [0, 0.05) is 18.9 Å². The molecule has 12 heavy (non-hydrogen) atoms. The van der Waals surface area contributed by atoms with Crippen LogP contribution in [0.5, 0.6) is 0 Å². The lowest BCUT2D eigenvalue weighted by Gasteiger charge is -1.92. The first-order valence-electron chi connectivity index (χ1n) is 3.09. The van der Waals surface area contributed by atoms with Crippen molar-refractivity contribution in [1.29, 1.82) is 0 Å². The van der Waals surface area contributed by atoms with Crippen molar-refractivity contribution in [1.82, 2.24) is 4.98 Å². The Labute approximate surface area is 74.9 Å². The van der Waals surface area contributed by atoms with Crippen LogP contribution in [0.1, 0.15) is 10.4 Å². The number of pyridine rings is 1. The quantitative estimate of drug-likeness (QED) is 0.518. The second-order valence-electron chi connectivity index (χ2n) is 1.67. The summed E-state index contributed by atoms with van der Waals surface area (Å²) < 4.78 is 0. The van der Waals surface area contributed by atoms with Crippen LogP contribution in [0, 0.1) is 0 Å². The van der Waals surface area contributed by atoms with Gasteiger partial charge in [0.2, 0.25) is 0 Å². The molecule has 0 radical (unpaired) electrons. The second kappa shape index (κ2) is 6.78. The van der Waals surface area contributed by atoms with Gasteiger partial charge in [0.25, 0.3) is 0 Å². The minimum atomic E-state index is 0.567. The molecule has 1 aromatic heterocycles. The zero-order valence-corrected chi connectivity index (χ0v) is 7.41. The van der Waals surface area contributed by atoms with Crippen LogP contribution < -0.4 is 5.14 Å². The highest BCUT2D eigenvalue weighted by molar-refractivity contribution is 7.97. The van der Waals surface area contributed by atoms with Crippen molar-refractivity contribution in [3.8, 4) is 0 Å². The Morgan fingerprint density at radius 3 is 2.58 bits per heavy atom. The molecule has 66 valence electrons. The lowest BCUT2D eigenvalue weighted by atomic mass is 10.3. The molecule has 0 saturated heterocycles. The van der Waals surface area contributed by atoms with E-state index in [1.807, 2.05) is 0 Å². The highest BCUT2D eigenvalue weighted by Gasteiger charge is 1.91. The Balaban J connectivity index is 0.000000561. The number of aromatic nitrogens is 1. The van der Waals surface area contributed by atoms with E-state index in [2.05, 4.69) is 4.98 Å². The molecule has 0 amide bonds. The summed E-state index contributed by atoms with van der Waals surface area (Å²) in [6, 6.07) is 3.38. The van der Waals surface area contributed by atoms with Crippen LogP contribution >= 0.6 is 11.9 Å². The predicted molar refractivity (Wildman–Crippen MR) is 47.8 cm³/mol. The van der Waals surface area contributed by atoms with Crippen LogP contribution in [-0.2, 0) is 0 Å². The Bertz CT molecular complexity index is 225. The third kappa shape index (κ3) is 3.47. The average molecular weight is 186 g/mol. The summed E-state index contributed by atoms with van der Waals surface area (Å²) in [4.78, 5) is 14.0. The van der Waals surface area contributed by atoms with Gasteiger partial charge in [-0.25, -0.2) is 4.98 Å². The maximum absolute atomic E-state index is 10.1. The minimum Gasteiger partial charge on any atom is -0.400 e. The first-order chi connectivity index (χ1) is 5.86. The molecule has 1 heterocycles. The van der Waals surface area contributed by atoms with Crippen molar-refractivity contribution in [3.05, 3.63) is 23.9 Å². The van der Waals surface area contributed by atoms with E-state index < -0.39 is 0 Å². The minimum absolute atomic E-state index is 0.567. The number of aliphatic hydroxyl groups excluding tert-OH is 1. The molecule has 0 aliphatic rings. The van der Waals surface area contributed by atoms with Crippen LogP contribution in [0.15, 0.2) is 23.4 Å². The molecule has 0 bridgehead atoms. The smallest absolute Gasteiger partial charge is 0.151 e. The molecule has 4 nitrogen and oxygen atoms in total. The number of nitrogens with zero attached hydrogens (tertiary/aromatic N) is 1. The SMILES string of the molecule is CO.NSc1ccc(C=O)cn1. The molecule has 0 atom stereocenters. The van der Waals surface area contributed by atoms with Crippen molar-refractivity contribution >= 4 is 18.2 Å². The molecule has 3 N–H and O–H groups in total. The topological polar surface area (TPSA) is 76.2 Å². The maximum atomic E-state index is 10.1. The van der Waals surface area contributed by atoms with E-state index in [1.54, 1.807) is 12.1 Å². The Hall–Kier alpha value is -0.910. The molecule has 0 aromatic carbocycles. The predicted octanol–water partition coefficient (Wildman–Crippen LogP) is 0.468. The third-order valence-electron chi connectivity index (χ3n) is 1.02. The number of aldehydes is 1. The standard InChI is InChI=1S/C6H6N2OS.CH4O/c7-10-6-2-1-5(4-9)3-8-6;1-2/h1-4H,7H2;2H,1H3. The van der Waals surface area contributed by atoms with Crippen molar-refractivity contribution in [3.63, 3.8) is 0 Å². The van der Waals surface area contributed by atoms with Crippen LogP contribution in [0.25, 0.3) is 0 Å². The molecule has 0 unspecified atom stereocenters. The van der Waals surface area contributed by atoms with E-state index in [-0.39, 0.29) is 0 Å². The molecule has 0 saturated carbocycles. The maximum Gasteiger partial charge on any atom is 0.151 e. The van der Waals surface area contributed by atoms with Gasteiger partial charge in [-0.1, -0.05) is 0 Å². The summed E-state index contributed by atoms with van der Waals surface area (Å²) in [6.07, 6.45) is 2.24. The van der Waals surface area contributed by atoms with E-state index in [1.165, 1.54) is 6.20 Å². The molecule has 0 aliphatic heterocycles. The second-order valence-corrected chi connectivity index (χ2v) is 2.32. The molecule has 0 spiro atoms. The van der Waals surface area contributed by atoms with E-state index in [0.29, 0.717) is 10.6 Å². The van der Waals surface area contributed by atoms with Crippen molar-refractivity contribution in [2.75, 3.05) is 7.11 Å². The van der Waals surface area contributed by atoms with Gasteiger partial charge >= 0.3 is 0 Å². The summed E-state index contributed by atoms with van der Waals surface area (Å²) >= 11 is 1.06. The van der Waals surface area contributed by atoms with Crippen molar-refractivity contribution < 1.29 is 9.90 Å². The van der Waals surface area contributed by atoms with Crippen LogP contribution in [0.4, 0.5) is 0 Å². The number of rotatable bonds is 2. The summed E-state index contributed by atoms with van der Waals surface area (Å²) in [6.45, 7) is 0. The number of hydrogen-bond acceptors (Lipinski definition) is 5. The van der Waals surface area contributed by atoms with Gasteiger partial charge in [-0.05, 0) is 24.1 Å². The van der Waals surface area contributed by atoms with Crippen LogP contribution in [-0.4, -0.2) is 23.5 Å². The molecular weight excluding hydrogens is 176 g/mol. The number of hydrogen-bond donors (Lipinski definition) is 2. The van der Waals surface area contributed by atoms with E-state index >= 15 is 0 Å². The Morgan fingerprint density at radius 1 is 1.58 bits per heavy atom. The molecule has 1 rings (SSSR count). The summed E-state index contributed by atoms with van der Waals surface area (Å²) in [7, 11) is 1.00. The fourth-order valence-corrected chi connectivity index (χ4v) is 0.791. The van der Waals surface area contributed by atoms with Gasteiger partial charge in [-0.15, -0.1) is 0 Å². The molecule has 5 heteroatoms. The van der Waals surface area contributed by atoms with Gasteiger partial charge in [0.1, 0.15) is 5.03 Å².